The van der Waals surface area contributed by atoms with Gasteiger partial charge in [-0.25, -0.2) is 4.98 Å². The van der Waals surface area contributed by atoms with Gasteiger partial charge in [0, 0.05) is 23.6 Å². The molecule has 0 aliphatic heterocycles. The smallest absolute Gasteiger partial charge is 0.310 e. The third-order valence-electron chi connectivity index (χ3n) is 5.13. The number of aliphatic carboxylic acids is 1. The molecular formula is C18H20N4O3. The van der Waals surface area contributed by atoms with Crippen molar-refractivity contribution in [3.8, 4) is 11.4 Å². The predicted octanol–water partition coefficient (Wildman–Crippen LogP) is 2.93. The molecule has 0 saturated heterocycles. The highest BCUT2D eigenvalue weighted by Crippen LogP contribution is 2.44. The lowest BCUT2D eigenvalue weighted by Gasteiger charge is -2.36. The van der Waals surface area contributed by atoms with Gasteiger partial charge in [-0.1, -0.05) is 18.6 Å². The van der Waals surface area contributed by atoms with Gasteiger partial charge in [0.2, 0.25) is 5.91 Å². The summed E-state index contributed by atoms with van der Waals surface area (Å²) in [6.45, 7) is 0. The molecule has 2 aliphatic rings. The minimum atomic E-state index is -0.884. The standard InChI is InChI=1S/C18H20N4O3/c23-14(10-18(17(24)25)7-2-8-18)19-13-4-1-3-12(9-13)16-20-15(21-22-16)11-5-6-11/h1,3-4,9,11H,2,5-8,10H2,(H,19,23)(H,24,25)(H,20,21,22). The van der Waals surface area contributed by atoms with Gasteiger partial charge in [0.05, 0.1) is 5.41 Å². The monoisotopic (exact) mass is 340 g/mol. The third-order valence-corrected chi connectivity index (χ3v) is 5.13. The lowest BCUT2D eigenvalue weighted by atomic mass is 9.66. The van der Waals surface area contributed by atoms with Crippen molar-refractivity contribution in [2.24, 2.45) is 5.41 Å². The van der Waals surface area contributed by atoms with E-state index in [1.54, 1.807) is 6.07 Å². The number of rotatable bonds is 6. The molecule has 0 unspecified atom stereocenters. The summed E-state index contributed by atoms with van der Waals surface area (Å²) in [5.74, 6) is 0.875. The summed E-state index contributed by atoms with van der Waals surface area (Å²) in [5.41, 5.74) is 0.558. The first kappa shape index (κ1) is 15.8. The van der Waals surface area contributed by atoms with Gasteiger partial charge in [-0.15, -0.1) is 0 Å². The Labute approximate surface area is 144 Å². The molecule has 7 heteroatoms. The molecule has 130 valence electrons. The van der Waals surface area contributed by atoms with Gasteiger partial charge >= 0.3 is 5.97 Å². The van der Waals surface area contributed by atoms with E-state index in [1.165, 1.54) is 0 Å². The van der Waals surface area contributed by atoms with Crippen LogP contribution < -0.4 is 5.32 Å². The Kier molecular flexibility index (Phi) is 3.78. The Bertz CT molecular complexity index is 821. The van der Waals surface area contributed by atoms with Crippen molar-refractivity contribution >= 4 is 17.6 Å². The normalized spacial score (nSPS) is 18.4. The fourth-order valence-corrected chi connectivity index (χ4v) is 3.26. The molecule has 2 saturated carbocycles. The lowest BCUT2D eigenvalue weighted by molar-refractivity contribution is -0.157. The largest absolute Gasteiger partial charge is 0.481 e. The number of H-pyrrole nitrogens is 1. The van der Waals surface area contributed by atoms with Crippen LogP contribution in [0.3, 0.4) is 0 Å². The molecule has 2 fully saturated rings. The van der Waals surface area contributed by atoms with Crippen LogP contribution in [0.2, 0.25) is 0 Å². The van der Waals surface area contributed by atoms with E-state index in [0.29, 0.717) is 30.3 Å². The molecule has 0 radical (unpaired) electrons. The molecule has 2 aliphatic carbocycles. The van der Waals surface area contributed by atoms with Crippen LogP contribution >= 0.6 is 0 Å². The van der Waals surface area contributed by atoms with Crippen molar-refractivity contribution in [2.75, 3.05) is 5.32 Å². The molecular weight excluding hydrogens is 320 g/mol. The maximum Gasteiger partial charge on any atom is 0.310 e. The Morgan fingerprint density at radius 1 is 1.32 bits per heavy atom. The van der Waals surface area contributed by atoms with E-state index in [9.17, 15) is 14.7 Å². The molecule has 1 heterocycles. The summed E-state index contributed by atoms with van der Waals surface area (Å²) in [4.78, 5) is 28.2. The minimum Gasteiger partial charge on any atom is -0.481 e. The first-order chi connectivity index (χ1) is 12.1. The van der Waals surface area contributed by atoms with Gasteiger partial charge in [-0.3, -0.25) is 14.7 Å². The Hall–Kier alpha value is -2.70. The highest BCUT2D eigenvalue weighted by Gasteiger charge is 2.45. The van der Waals surface area contributed by atoms with Gasteiger partial charge in [-0.2, -0.15) is 5.10 Å². The van der Waals surface area contributed by atoms with Crippen LogP contribution in [0.1, 0.15) is 50.3 Å². The molecule has 1 aromatic heterocycles. The van der Waals surface area contributed by atoms with E-state index in [1.807, 2.05) is 18.2 Å². The van der Waals surface area contributed by atoms with E-state index in [0.717, 1.165) is 30.7 Å². The van der Waals surface area contributed by atoms with Gasteiger partial charge in [0.25, 0.3) is 0 Å². The molecule has 1 aromatic carbocycles. The summed E-state index contributed by atoms with van der Waals surface area (Å²) in [5, 5.41) is 19.4. The molecule has 3 N–H and O–H groups in total. The fourth-order valence-electron chi connectivity index (χ4n) is 3.26. The fraction of sp³-hybridized carbons (Fsp3) is 0.444. The van der Waals surface area contributed by atoms with Crippen LogP contribution in [0.15, 0.2) is 24.3 Å². The number of benzene rings is 1. The Morgan fingerprint density at radius 3 is 2.76 bits per heavy atom. The number of nitrogens with one attached hydrogen (secondary N) is 2. The molecule has 0 bridgehead atoms. The molecule has 0 atom stereocenters. The number of carbonyl (C=O) groups is 2. The van der Waals surface area contributed by atoms with Crippen LogP contribution in [0.4, 0.5) is 5.69 Å². The van der Waals surface area contributed by atoms with Crippen molar-refractivity contribution in [2.45, 2.75) is 44.4 Å². The SMILES string of the molecule is O=C(CC1(C(=O)O)CCC1)Nc1cccc(-c2n[nH]c(C3CC3)n2)c1. The second kappa shape index (κ2) is 5.98. The number of carboxylic acid groups (broad SMARTS) is 1. The number of carbonyl (C=O) groups excluding carboxylic acids is 1. The minimum absolute atomic E-state index is 0.0129. The van der Waals surface area contributed by atoms with Crippen LogP contribution in [0.25, 0.3) is 11.4 Å². The number of aromatic nitrogens is 3. The first-order valence-electron chi connectivity index (χ1n) is 8.62. The average Bonchev–Trinajstić information content (AvgIpc) is 3.28. The van der Waals surface area contributed by atoms with Crippen LogP contribution in [-0.2, 0) is 9.59 Å². The van der Waals surface area contributed by atoms with Gasteiger partial charge in [-0.05, 0) is 37.8 Å². The summed E-state index contributed by atoms with van der Waals surface area (Å²) in [6.07, 6.45) is 4.31. The number of nitrogens with zero attached hydrogens (tertiary/aromatic N) is 2. The topological polar surface area (TPSA) is 108 Å². The van der Waals surface area contributed by atoms with Gasteiger partial charge < -0.3 is 10.4 Å². The number of hydrogen-bond acceptors (Lipinski definition) is 4. The highest BCUT2D eigenvalue weighted by molar-refractivity contribution is 5.95. The number of anilines is 1. The number of hydrogen-bond donors (Lipinski definition) is 3. The first-order valence-corrected chi connectivity index (χ1v) is 8.62. The molecule has 7 nitrogen and oxygen atoms in total. The second-order valence-corrected chi connectivity index (χ2v) is 7.06. The molecule has 0 spiro atoms. The zero-order valence-corrected chi connectivity index (χ0v) is 13.8. The van der Waals surface area contributed by atoms with E-state index in [4.69, 9.17) is 0 Å². The zero-order chi connectivity index (χ0) is 17.4. The summed E-state index contributed by atoms with van der Waals surface area (Å²) < 4.78 is 0. The van der Waals surface area contributed by atoms with Crippen molar-refractivity contribution in [3.05, 3.63) is 30.1 Å². The maximum atomic E-state index is 12.3. The predicted molar refractivity (Wildman–Crippen MR) is 91.0 cm³/mol. The number of amides is 1. The van der Waals surface area contributed by atoms with E-state index >= 15 is 0 Å². The third kappa shape index (κ3) is 3.14. The van der Waals surface area contributed by atoms with Crippen LogP contribution in [0.5, 0.6) is 0 Å². The van der Waals surface area contributed by atoms with Crippen molar-refractivity contribution < 1.29 is 14.7 Å². The zero-order valence-electron chi connectivity index (χ0n) is 13.8. The summed E-state index contributed by atoms with van der Waals surface area (Å²) in [6, 6.07) is 7.31. The molecule has 25 heavy (non-hydrogen) atoms. The number of carboxylic acids is 1. The maximum absolute atomic E-state index is 12.3. The van der Waals surface area contributed by atoms with E-state index < -0.39 is 11.4 Å². The van der Waals surface area contributed by atoms with Crippen LogP contribution in [0, 0.1) is 5.41 Å². The van der Waals surface area contributed by atoms with Gasteiger partial charge in [0.1, 0.15) is 5.82 Å². The van der Waals surface area contributed by atoms with E-state index in [2.05, 4.69) is 20.5 Å². The van der Waals surface area contributed by atoms with Crippen LogP contribution in [-0.4, -0.2) is 32.2 Å². The summed E-state index contributed by atoms with van der Waals surface area (Å²) >= 11 is 0. The van der Waals surface area contributed by atoms with Gasteiger partial charge in [0.15, 0.2) is 5.82 Å². The number of aromatic amines is 1. The Morgan fingerprint density at radius 2 is 2.12 bits per heavy atom. The summed E-state index contributed by atoms with van der Waals surface area (Å²) in [7, 11) is 0. The molecule has 4 rings (SSSR count). The average molecular weight is 340 g/mol. The van der Waals surface area contributed by atoms with E-state index in [-0.39, 0.29) is 12.3 Å². The van der Waals surface area contributed by atoms with Crippen molar-refractivity contribution in [1.82, 2.24) is 15.2 Å². The highest BCUT2D eigenvalue weighted by atomic mass is 16.4. The Balaban J connectivity index is 1.45. The molecule has 2 aromatic rings. The van der Waals surface area contributed by atoms with Crippen molar-refractivity contribution in [3.63, 3.8) is 0 Å². The molecule has 1 amide bonds. The van der Waals surface area contributed by atoms with Crippen molar-refractivity contribution in [1.29, 1.82) is 0 Å². The lowest BCUT2D eigenvalue weighted by Crippen LogP contribution is -2.41. The second-order valence-electron chi connectivity index (χ2n) is 7.06. The quantitative estimate of drug-likeness (QED) is 0.749.